The number of hydrogen-bond acceptors (Lipinski definition) is 4. The fraction of sp³-hybridized carbons (Fsp3) is 0.269. The Morgan fingerprint density at radius 3 is 2.59 bits per heavy atom. The molecule has 1 aromatic heterocycles. The molecule has 0 spiro atoms. The van der Waals surface area contributed by atoms with Crippen LogP contribution < -0.4 is 4.90 Å². The number of carboxylic acid groups (broad SMARTS) is 1. The summed E-state index contributed by atoms with van der Waals surface area (Å²) >= 11 is 12.7. The van der Waals surface area contributed by atoms with Crippen LogP contribution in [-0.2, 0) is 16.6 Å². The smallest absolute Gasteiger partial charge is 0.328 e. The monoisotopic (exact) mass is 498 g/mol. The Labute approximate surface area is 207 Å². The number of aryl methyl sites for hydroxylation is 1. The van der Waals surface area contributed by atoms with E-state index in [0.29, 0.717) is 45.6 Å². The van der Waals surface area contributed by atoms with E-state index in [4.69, 9.17) is 32.8 Å². The highest BCUT2D eigenvalue weighted by atomic mass is 35.5. The molecular formula is C26H24Cl2N2O4. The second kappa shape index (κ2) is 8.93. The molecule has 1 aliphatic rings. The number of halogens is 2. The molecule has 2 aromatic carbocycles. The van der Waals surface area contributed by atoms with Gasteiger partial charge in [-0.2, -0.15) is 0 Å². The number of hydrogen-bond donors (Lipinski definition) is 1. The Kier molecular flexibility index (Phi) is 6.32. The third-order valence-electron chi connectivity index (χ3n) is 5.79. The van der Waals surface area contributed by atoms with Crippen molar-refractivity contribution in [3.05, 3.63) is 74.5 Å². The Morgan fingerprint density at radius 1 is 1.21 bits per heavy atom. The normalized spacial score (nSPS) is 13.5. The molecule has 0 atom stereocenters. The third-order valence-corrected chi connectivity index (χ3v) is 6.31. The van der Waals surface area contributed by atoms with Crippen LogP contribution in [0.2, 0.25) is 10.0 Å². The van der Waals surface area contributed by atoms with E-state index in [0.717, 1.165) is 28.5 Å². The van der Waals surface area contributed by atoms with Crippen molar-refractivity contribution in [3.8, 4) is 11.3 Å². The molecule has 1 aliphatic heterocycles. The van der Waals surface area contributed by atoms with Gasteiger partial charge >= 0.3 is 5.97 Å². The van der Waals surface area contributed by atoms with Crippen molar-refractivity contribution < 1.29 is 19.2 Å². The maximum absolute atomic E-state index is 14.0. The van der Waals surface area contributed by atoms with Gasteiger partial charge in [-0.25, -0.2) is 4.79 Å². The van der Waals surface area contributed by atoms with E-state index in [1.165, 1.54) is 0 Å². The zero-order chi connectivity index (χ0) is 24.8. The highest BCUT2D eigenvalue weighted by Gasteiger charge is 2.37. The predicted molar refractivity (Wildman–Crippen MR) is 134 cm³/mol. The standard InChI is InChI=1S/C26H24Cl2N2O4/c1-14-12-16(27)13-18(28)21(14)23-22(24(34-29-23)26(2,3)4)25(33)30-11-10-17-15(8-9-20(31)32)6-5-7-19(17)30/h5-9,12-13H,10-11H2,1-4H3,(H,31,32)/b9-8+. The summed E-state index contributed by atoms with van der Waals surface area (Å²) < 4.78 is 5.75. The third kappa shape index (κ3) is 4.36. The van der Waals surface area contributed by atoms with Crippen molar-refractivity contribution in [2.75, 3.05) is 11.4 Å². The van der Waals surface area contributed by atoms with Gasteiger partial charge in [0.25, 0.3) is 5.91 Å². The lowest BCUT2D eigenvalue weighted by atomic mass is 9.87. The first-order chi connectivity index (χ1) is 16.0. The van der Waals surface area contributed by atoms with Crippen LogP contribution in [0.1, 0.15) is 53.6 Å². The Hall–Kier alpha value is -3.09. The topological polar surface area (TPSA) is 83.6 Å². The van der Waals surface area contributed by atoms with Crippen LogP contribution in [0.15, 0.2) is 40.9 Å². The highest BCUT2D eigenvalue weighted by Crippen LogP contribution is 2.41. The number of benzene rings is 2. The van der Waals surface area contributed by atoms with E-state index in [1.54, 1.807) is 23.1 Å². The minimum Gasteiger partial charge on any atom is -0.478 e. The second-order valence-electron chi connectivity index (χ2n) is 9.29. The maximum atomic E-state index is 14.0. The summed E-state index contributed by atoms with van der Waals surface area (Å²) in [4.78, 5) is 26.7. The molecule has 1 amide bonds. The van der Waals surface area contributed by atoms with Crippen molar-refractivity contribution in [1.82, 2.24) is 5.16 Å². The van der Waals surface area contributed by atoms with Crippen molar-refractivity contribution in [3.63, 3.8) is 0 Å². The van der Waals surface area contributed by atoms with Gasteiger partial charge in [0.05, 0.1) is 5.02 Å². The van der Waals surface area contributed by atoms with Crippen LogP contribution in [0.5, 0.6) is 0 Å². The molecule has 0 radical (unpaired) electrons. The summed E-state index contributed by atoms with van der Waals surface area (Å²) in [6, 6.07) is 8.91. The molecule has 0 saturated carbocycles. The Balaban J connectivity index is 1.86. The summed E-state index contributed by atoms with van der Waals surface area (Å²) in [7, 11) is 0. The summed E-state index contributed by atoms with van der Waals surface area (Å²) in [5, 5.41) is 14.2. The number of nitrogens with zero attached hydrogens (tertiary/aromatic N) is 2. The molecule has 4 rings (SSSR count). The molecule has 8 heteroatoms. The minimum atomic E-state index is -1.03. The molecule has 0 unspecified atom stereocenters. The average molecular weight is 499 g/mol. The van der Waals surface area contributed by atoms with Gasteiger partial charge in [0.2, 0.25) is 0 Å². The number of amides is 1. The molecule has 6 nitrogen and oxygen atoms in total. The first kappa shape index (κ1) is 24.0. The number of anilines is 1. The lowest BCUT2D eigenvalue weighted by Crippen LogP contribution is -2.31. The van der Waals surface area contributed by atoms with Gasteiger partial charge in [0, 0.05) is 34.3 Å². The van der Waals surface area contributed by atoms with Crippen molar-refractivity contribution >= 4 is 46.8 Å². The van der Waals surface area contributed by atoms with E-state index in [1.807, 2.05) is 45.9 Å². The van der Waals surface area contributed by atoms with E-state index in [-0.39, 0.29) is 5.91 Å². The van der Waals surface area contributed by atoms with E-state index >= 15 is 0 Å². The van der Waals surface area contributed by atoms with E-state index < -0.39 is 11.4 Å². The Morgan fingerprint density at radius 2 is 1.94 bits per heavy atom. The number of aliphatic carboxylic acids is 1. The molecule has 2 heterocycles. The summed E-state index contributed by atoms with van der Waals surface area (Å²) in [6.07, 6.45) is 3.26. The first-order valence-corrected chi connectivity index (χ1v) is 11.6. The van der Waals surface area contributed by atoms with Gasteiger partial charge in [-0.05, 0) is 54.3 Å². The number of carbonyl (C=O) groups is 2. The summed E-state index contributed by atoms with van der Waals surface area (Å²) in [6.45, 7) is 8.18. The molecule has 0 saturated heterocycles. The zero-order valence-corrected chi connectivity index (χ0v) is 20.8. The molecular weight excluding hydrogens is 475 g/mol. The van der Waals surface area contributed by atoms with Crippen molar-refractivity contribution in [2.24, 2.45) is 0 Å². The molecule has 0 aliphatic carbocycles. The van der Waals surface area contributed by atoms with Gasteiger partial charge in [-0.3, -0.25) is 4.79 Å². The van der Waals surface area contributed by atoms with E-state index in [9.17, 15) is 9.59 Å². The van der Waals surface area contributed by atoms with Crippen LogP contribution in [0.25, 0.3) is 17.3 Å². The van der Waals surface area contributed by atoms with Gasteiger partial charge in [-0.15, -0.1) is 0 Å². The first-order valence-electron chi connectivity index (χ1n) is 10.8. The van der Waals surface area contributed by atoms with Crippen LogP contribution >= 0.6 is 23.2 Å². The molecule has 0 bridgehead atoms. The lowest BCUT2D eigenvalue weighted by Gasteiger charge is -2.21. The average Bonchev–Trinajstić information content (AvgIpc) is 3.36. The number of rotatable bonds is 4. The largest absolute Gasteiger partial charge is 0.478 e. The fourth-order valence-electron chi connectivity index (χ4n) is 4.30. The number of fused-ring (bicyclic) bond motifs is 1. The molecule has 1 N–H and O–H groups in total. The number of carboxylic acids is 1. The van der Waals surface area contributed by atoms with Gasteiger partial charge in [0.1, 0.15) is 11.3 Å². The van der Waals surface area contributed by atoms with Gasteiger partial charge in [-0.1, -0.05) is 61.3 Å². The second-order valence-corrected chi connectivity index (χ2v) is 10.1. The molecule has 34 heavy (non-hydrogen) atoms. The highest BCUT2D eigenvalue weighted by molar-refractivity contribution is 6.37. The SMILES string of the molecule is Cc1cc(Cl)cc(Cl)c1-c1noc(C(C)(C)C)c1C(=O)N1CCc2c(/C=C/C(=O)O)cccc21. The maximum Gasteiger partial charge on any atom is 0.328 e. The molecule has 176 valence electrons. The number of aromatic nitrogens is 1. The fourth-order valence-corrected chi connectivity index (χ4v) is 4.98. The zero-order valence-electron chi connectivity index (χ0n) is 19.3. The molecule has 3 aromatic rings. The van der Waals surface area contributed by atoms with E-state index in [2.05, 4.69) is 5.16 Å². The van der Waals surface area contributed by atoms with Gasteiger partial charge in [0.15, 0.2) is 5.76 Å². The number of carbonyl (C=O) groups excluding carboxylic acids is 1. The quantitative estimate of drug-likeness (QED) is 0.412. The minimum absolute atomic E-state index is 0.246. The Bertz CT molecular complexity index is 1310. The van der Waals surface area contributed by atoms with Crippen LogP contribution in [0.3, 0.4) is 0 Å². The molecule has 0 fully saturated rings. The van der Waals surface area contributed by atoms with Crippen molar-refractivity contribution in [2.45, 2.75) is 39.5 Å². The van der Waals surface area contributed by atoms with Crippen LogP contribution in [0.4, 0.5) is 5.69 Å². The lowest BCUT2D eigenvalue weighted by molar-refractivity contribution is -0.131. The van der Waals surface area contributed by atoms with Crippen LogP contribution in [-0.4, -0.2) is 28.7 Å². The summed E-state index contributed by atoms with van der Waals surface area (Å²) in [5.41, 5.74) is 4.07. The van der Waals surface area contributed by atoms with Crippen LogP contribution in [0, 0.1) is 6.92 Å². The summed E-state index contributed by atoms with van der Waals surface area (Å²) in [5.74, 6) is -0.805. The predicted octanol–water partition coefficient (Wildman–Crippen LogP) is 6.56. The van der Waals surface area contributed by atoms with Gasteiger partial charge < -0.3 is 14.5 Å². The van der Waals surface area contributed by atoms with Crippen molar-refractivity contribution in [1.29, 1.82) is 0 Å².